The van der Waals surface area contributed by atoms with Gasteiger partial charge in [0.1, 0.15) is 0 Å². The summed E-state index contributed by atoms with van der Waals surface area (Å²) in [4.78, 5) is 2.39. The van der Waals surface area contributed by atoms with E-state index in [1.165, 1.54) is 32.4 Å². The summed E-state index contributed by atoms with van der Waals surface area (Å²) in [6.45, 7) is 10.5. The van der Waals surface area contributed by atoms with E-state index in [2.05, 4.69) is 24.1 Å². The molecule has 0 bridgehead atoms. The van der Waals surface area contributed by atoms with Gasteiger partial charge in [0.05, 0.1) is 0 Å². The molecule has 0 aromatic rings. The van der Waals surface area contributed by atoms with E-state index < -0.39 is 0 Å². The normalized spacial score (nSPS) is 19.5. The minimum atomic E-state index is 1.23. The number of allylic oxidation sites excluding steroid dienone is 1. The van der Waals surface area contributed by atoms with Crippen LogP contribution in [0.2, 0.25) is 0 Å². The molecule has 0 saturated heterocycles. The van der Waals surface area contributed by atoms with Crippen LogP contribution in [0, 0.1) is 0 Å². The molecule has 1 aliphatic rings. The SMILES string of the molecule is CC.CC.CN1CC/C=C\CCC1. The van der Waals surface area contributed by atoms with Gasteiger partial charge in [-0.1, -0.05) is 39.8 Å². The van der Waals surface area contributed by atoms with E-state index in [9.17, 15) is 0 Å². The molecule has 0 saturated carbocycles. The quantitative estimate of drug-likeness (QED) is 0.520. The van der Waals surface area contributed by atoms with Crippen molar-refractivity contribution in [2.24, 2.45) is 0 Å². The third-order valence-electron chi connectivity index (χ3n) is 1.75. The van der Waals surface area contributed by atoms with Crippen molar-refractivity contribution in [3.05, 3.63) is 12.2 Å². The summed E-state index contributed by atoms with van der Waals surface area (Å²) < 4.78 is 0. The Hall–Kier alpha value is -0.300. The Balaban J connectivity index is 0. The summed E-state index contributed by atoms with van der Waals surface area (Å²) in [7, 11) is 2.19. The third kappa shape index (κ3) is 11.7. The first kappa shape index (κ1) is 15.2. The molecular formula is C12H27N. The molecular weight excluding hydrogens is 158 g/mol. The van der Waals surface area contributed by atoms with Gasteiger partial charge in [0.25, 0.3) is 0 Å². The van der Waals surface area contributed by atoms with Crippen LogP contribution in [0.3, 0.4) is 0 Å². The smallest absolute Gasteiger partial charge is 0.00129 e. The summed E-state index contributed by atoms with van der Waals surface area (Å²) >= 11 is 0. The number of nitrogens with zero attached hydrogens (tertiary/aromatic N) is 1. The fraction of sp³-hybridized carbons (Fsp3) is 0.833. The Morgan fingerprint density at radius 3 is 2.00 bits per heavy atom. The predicted molar refractivity (Wildman–Crippen MR) is 63.2 cm³/mol. The van der Waals surface area contributed by atoms with Crippen LogP contribution >= 0.6 is 0 Å². The Labute approximate surface area is 84.8 Å². The number of hydrogen-bond donors (Lipinski definition) is 0. The third-order valence-corrected chi connectivity index (χ3v) is 1.75. The van der Waals surface area contributed by atoms with Crippen molar-refractivity contribution in [1.82, 2.24) is 4.90 Å². The fourth-order valence-corrected chi connectivity index (χ4v) is 1.12. The van der Waals surface area contributed by atoms with E-state index in [1.54, 1.807) is 0 Å². The molecule has 0 radical (unpaired) electrons. The van der Waals surface area contributed by atoms with Gasteiger partial charge in [-0.05, 0) is 32.9 Å². The lowest BCUT2D eigenvalue weighted by Crippen LogP contribution is -2.21. The van der Waals surface area contributed by atoms with Gasteiger partial charge in [-0.3, -0.25) is 0 Å². The highest BCUT2D eigenvalue weighted by atomic mass is 15.1. The van der Waals surface area contributed by atoms with Gasteiger partial charge >= 0.3 is 0 Å². The molecule has 0 unspecified atom stereocenters. The first-order chi connectivity index (χ1) is 6.39. The number of hydrogen-bond acceptors (Lipinski definition) is 1. The van der Waals surface area contributed by atoms with E-state index >= 15 is 0 Å². The zero-order chi connectivity index (χ0) is 10.5. The zero-order valence-corrected chi connectivity index (χ0v) is 10.1. The Morgan fingerprint density at radius 2 is 1.38 bits per heavy atom. The second kappa shape index (κ2) is 14.2. The van der Waals surface area contributed by atoms with Crippen molar-refractivity contribution in [1.29, 1.82) is 0 Å². The predicted octanol–water partition coefficient (Wildman–Crippen LogP) is 3.71. The van der Waals surface area contributed by atoms with Crippen molar-refractivity contribution in [2.75, 3.05) is 20.1 Å². The van der Waals surface area contributed by atoms with Crippen LogP contribution in [0.4, 0.5) is 0 Å². The number of rotatable bonds is 0. The van der Waals surface area contributed by atoms with E-state index in [-0.39, 0.29) is 0 Å². The highest BCUT2D eigenvalue weighted by Crippen LogP contribution is 2.00. The second-order valence-corrected chi connectivity index (χ2v) is 2.71. The summed E-state index contributed by atoms with van der Waals surface area (Å²) in [6, 6.07) is 0. The molecule has 0 fully saturated rings. The molecule has 1 nitrogen and oxygen atoms in total. The van der Waals surface area contributed by atoms with Crippen LogP contribution in [0.5, 0.6) is 0 Å². The van der Waals surface area contributed by atoms with E-state index in [0.29, 0.717) is 0 Å². The summed E-state index contributed by atoms with van der Waals surface area (Å²) in [5.74, 6) is 0. The van der Waals surface area contributed by atoms with E-state index in [4.69, 9.17) is 0 Å². The lowest BCUT2D eigenvalue weighted by molar-refractivity contribution is 0.333. The van der Waals surface area contributed by atoms with Crippen LogP contribution in [0.25, 0.3) is 0 Å². The van der Waals surface area contributed by atoms with Crippen LogP contribution in [0.15, 0.2) is 12.2 Å². The standard InChI is InChI=1S/C8H15N.2C2H6/c1-9-7-5-3-2-4-6-8-9;2*1-2/h2-3H,4-8H2,1H3;2*1-2H3/b3-2-;;. The van der Waals surface area contributed by atoms with E-state index in [0.717, 1.165) is 0 Å². The Morgan fingerprint density at radius 1 is 0.846 bits per heavy atom. The minimum Gasteiger partial charge on any atom is -0.306 e. The van der Waals surface area contributed by atoms with Crippen LogP contribution < -0.4 is 0 Å². The average Bonchev–Trinajstić information content (AvgIpc) is 2.18. The molecule has 0 spiro atoms. The summed E-state index contributed by atoms with van der Waals surface area (Å²) in [6.07, 6.45) is 8.41. The lowest BCUT2D eigenvalue weighted by Gasteiger charge is -2.16. The van der Waals surface area contributed by atoms with Crippen molar-refractivity contribution < 1.29 is 0 Å². The van der Waals surface area contributed by atoms with Gasteiger partial charge in [-0.2, -0.15) is 0 Å². The maximum Gasteiger partial charge on any atom is 0.00129 e. The van der Waals surface area contributed by atoms with Crippen molar-refractivity contribution >= 4 is 0 Å². The molecule has 1 heteroatoms. The van der Waals surface area contributed by atoms with Crippen molar-refractivity contribution in [3.8, 4) is 0 Å². The monoisotopic (exact) mass is 185 g/mol. The first-order valence-corrected chi connectivity index (χ1v) is 5.73. The zero-order valence-electron chi connectivity index (χ0n) is 10.1. The topological polar surface area (TPSA) is 3.24 Å². The largest absolute Gasteiger partial charge is 0.306 e. The Kier molecular flexibility index (Phi) is 16.6. The molecule has 0 aromatic heterocycles. The van der Waals surface area contributed by atoms with Gasteiger partial charge < -0.3 is 4.90 Å². The first-order valence-electron chi connectivity index (χ1n) is 5.73. The van der Waals surface area contributed by atoms with Gasteiger partial charge in [-0.25, -0.2) is 0 Å². The van der Waals surface area contributed by atoms with Gasteiger partial charge in [0.2, 0.25) is 0 Å². The average molecular weight is 185 g/mol. The van der Waals surface area contributed by atoms with Crippen LogP contribution in [-0.2, 0) is 0 Å². The summed E-state index contributed by atoms with van der Waals surface area (Å²) in [5, 5.41) is 0. The lowest BCUT2D eigenvalue weighted by atomic mass is 10.2. The van der Waals surface area contributed by atoms with Crippen molar-refractivity contribution in [3.63, 3.8) is 0 Å². The van der Waals surface area contributed by atoms with Gasteiger partial charge in [0, 0.05) is 6.54 Å². The summed E-state index contributed by atoms with van der Waals surface area (Å²) in [5.41, 5.74) is 0. The Bertz CT molecular complexity index is 97.3. The van der Waals surface area contributed by atoms with Crippen LogP contribution in [0.1, 0.15) is 47.0 Å². The molecule has 1 heterocycles. The van der Waals surface area contributed by atoms with E-state index in [1.807, 2.05) is 27.7 Å². The minimum absolute atomic E-state index is 1.23. The molecule has 0 amide bonds. The second-order valence-electron chi connectivity index (χ2n) is 2.71. The highest BCUT2D eigenvalue weighted by molar-refractivity contribution is 4.84. The van der Waals surface area contributed by atoms with Gasteiger partial charge in [0.15, 0.2) is 0 Å². The fourth-order valence-electron chi connectivity index (χ4n) is 1.12. The molecule has 13 heavy (non-hydrogen) atoms. The maximum atomic E-state index is 2.39. The molecule has 1 aliphatic heterocycles. The molecule has 1 rings (SSSR count). The van der Waals surface area contributed by atoms with Gasteiger partial charge in [-0.15, -0.1) is 0 Å². The molecule has 0 aliphatic carbocycles. The molecule has 0 N–H and O–H groups in total. The van der Waals surface area contributed by atoms with Crippen LogP contribution in [-0.4, -0.2) is 25.0 Å². The molecule has 0 atom stereocenters. The highest BCUT2D eigenvalue weighted by Gasteiger charge is 1.96. The molecule has 0 aromatic carbocycles. The van der Waals surface area contributed by atoms with Crippen molar-refractivity contribution in [2.45, 2.75) is 47.0 Å². The molecule has 80 valence electrons. The maximum absolute atomic E-state index is 2.39.